The van der Waals surface area contributed by atoms with E-state index in [1.807, 2.05) is 0 Å². The van der Waals surface area contributed by atoms with Crippen molar-refractivity contribution < 1.29 is 9.50 Å². The second-order valence-corrected chi connectivity index (χ2v) is 4.39. The molecule has 0 unspecified atom stereocenters. The minimum Gasteiger partial charge on any atom is -0.396 e. The van der Waals surface area contributed by atoms with Gasteiger partial charge in [0.1, 0.15) is 5.82 Å². The van der Waals surface area contributed by atoms with Crippen LogP contribution in [-0.2, 0) is 6.54 Å². The third kappa shape index (κ3) is 2.48. The Balaban J connectivity index is 1.97. The van der Waals surface area contributed by atoms with Crippen LogP contribution in [0.4, 0.5) is 4.39 Å². The molecule has 1 saturated heterocycles. The molecule has 0 radical (unpaired) electrons. The molecule has 1 heterocycles. The van der Waals surface area contributed by atoms with E-state index in [1.54, 1.807) is 6.07 Å². The zero-order chi connectivity index (χ0) is 10.8. The Bertz CT molecular complexity index is 352. The maximum atomic E-state index is 12.9. The second kappa shape index (κ2) is 4.47. The number of nitrogens with zero attached hydrogens (tertiary/aromatic N) is 1. The number of halogens is 2. The molecule has 0 spiro atoms. The van der Waals surface area contributed by atoms with Crippen molar-refractivity contribution in [1.29, 1.82) is 0 Å². The van der Waals surface area contributed by atoms with E-state index in [0.29, 0.717) is 17.5 Å². The number of rotatable bonds is 3. The first kappa shape index (κ1) is 10.9. The molecular formula is C11H13ClFNO. The Kier molecular flexibility index (Phi) is 3.24. The summed E-state index contributed by atoms with van der Waals surface area (Å²) in [5, 5.41) is 9.46. The first-order valence-electron chi connectivity index (χ1n) is 4.96. The number of benzene rings is 1. The molecule has 0 saturated carbocycles. The molecule has 0 atom stereocenters. The molecule has 1 aromatic carbocycles. The van der Waals surface area contributed by atoms with Crippen LogP contribution < -0.4 is 0 Å². The summed E-state index contributed by atoms with van der Waals surface area (Å²) in [5.74, 6) is 0.117. The molecule has 2 nitrogen and oxygen atoms in total. The highest BCUT2D eigenvalue weighted by Crippen LogP contribution is 2.23. The molecule has 82 valence electrons. The maximum Gasteiger partial charge on any atom is 0.123 e. The molecule has 0 aliphatic carbocycles. The average molecular weight is 230 g/mol. The molecule has 1 aliphatic heterocycles. The standard InChI is InChI=1S/C11H13ClFNO/c12-11-2-1-10(13)3-9(11)6-14-4-8(5-14)7-15/h1-3,8,15H,4-7H2. The Morgan fingerprint density at radius 2 is 2.20 bits per heavy atom. The lowest BCUT2D eigenvalue weighted by Gasteiger charge is -2.38. The quantitative estimate of drug-likeness (QED) is 0.856. The van der Waals surface area contributed by atoms with Gasteiger partial charge in [0.05, 0.1) is 0 Å². The van der Waals surface area contributed by atoms with Gasteiger partial charge in [-0.05, 0) is 23.8 Å². The first-order valence-corrected chi connectivity index (χ1v) is 5.34. The van der Waals surface area contributed by atoms with E-state index in [2.05, 4.69) is 4.90 Å². The number of hydrogen-bond donors (Lipinski definition) is 1. The number of hydrogen-bond acceptors (Lipinski definition) is 2. The fraction of sp³-hybridized carbons (Fsp3) is 0.455. The first-order chi connectivity index (χ1) is 7.19. The predicted octanol–water partition coefficient (Wildman–Crippen LogP) is 1.90. The van der Waals surface area contributed by atoms with Crippen molar-refractivity contribution in [3.05, 3.63) is 34.6 Å². The normalized spacial score (nSPS) is 17.8. The van der Waals surface area contributed by atoms with Gasteiger partial charge in [0.2, 0.25) is 0 Å². The minimum atomic E-state index is -0.256. The van der Waals surface area contributed by atoms with Crippen molar-refractivity contribution in [3.63, 3.8) is 0 Å². The fourth-order valence-electron chi connectivity index (χ4n) is 1.83. The van der Waals surface area contributed by atoms with Gasteiger partial charge in [-0.25, -0.2) is 4.39 Å². The number of aliphatic hydroxyl groups excluding tert-OH is 1. The van der Waals surface area contributed by atoms with Crippen LogP contribution in [0.1, 0.15) is 5.56 Å². The monoisotopic (exact) mass is 229 g/mol. The van der Waals surface area contributed by atoms with Gasteiger partial charge in [-0.3, -0.25) is 4.90 Å². The summed E-state index contributed by atoms with van der Waals surface area (Å²) in [6.07, 6.45) is 0. The molecule has 1 aromatic rings. The third-order valence-electron chi connectivity index (χ3n) is 2.69. The lowest BCUT2D eigenvalue weighted by Crippen LogP contribution is -2.47. The lowest BCUT2D eigenvalue weighted by atomic mass is 10.0. The van der Waals surface area contributed by atoms with Crippen LogP contribution in [0.2, 0.25) is 5.02 Å². The summed E-state index contributed by atoms with van der Waals surface area (Å²) in [4.78, 5) is 2.14. The molecule has 1 aliphatic rings. The topological polar surface area (TPSA) is 23.5 Å². The SMILES string of the molecule is OCC1CN(Cc2cc(F)ccc2Cl)C1. The van der Waals surface area contributed by atoms with E-state index in [9.17, 15) is 4.39 Å². The highest BCUT2D eigenvalue weighted by Gasteiger charge is 2.26. The van der Waals surface area contributed by atoms with Gasteiger partial charge >= 0.3 is 0 Å². The van der Waals surface area contributed by atoms with Crippen LogP contribution in [0.25, 0.3) is 0 Å². The van der Waals surface area contributed by atoms with Crippen LogP contribution in [-0.4, -0.2) is 29.7 Å². The van der Waals surface area contributed by atoms with Gasteiger partial charge in [0, 0.05) is 37.2 Å². The van der Waals surface area contributed by atoms with Gasteiger partial charge < -0.3 is 5.11 Å². The van der Waals surface area contributed by atoms with Crippen LogP contribution in [0.5, 0.6) is 0 Å². The number of likely N-dealkylation sites (tertiary alicyclic amines) is 1. The van der Waals surface area contributed by atoms with E-state index in [1.165, 1.54) is 12.1 Å². The molecule has 4 heteroatoms. The second-order valence-electron chi connectivity index (χ2n) is 3.98. The lowest BCUT2D eigenvalue weighted by molar-refractivity contribution is 0.0479. The molecule has 15 heavy (non-hydrogen) atoms. The zero-order valence-corrected chi connectivity index (χ0v) is 9.04. The third-order valence-corrected chi connectivity index (χ3v) is 3.06. The van der Waals surface area contributed by atoms with E-state index < -0.39 is 0 Å². The van der Waals surface area contributed by atoms with Crippen LogP contribution in [0.15, 0.2) is 18.2 Å². The van der Waals surface area contributed by atoms with Crippen molar-refractivity contribution in [1.82, 2.24) is 4.90 Å². The maximum absolute atomic E-state index is 12.9. The van der Waals surface area contributed by atoms with Gasteiger partial charge in [-0.1, -0.05) is 11.6 Å². The summed E-state index contributed by atoms with van der Waals surface area (Å²) in [7, 11) is 0. The Morgan fingerprint density at radius 3 is 2.87 bits per heavy atom. The van der Waals surface area contributed by atoms with E-state index >= 15 is 0 Å². The average Bonchev–Trinajstić information content (AvgIpc) is 2.16. The summed E-state index contributed by atoms with van der Waals surface area (Å²) < 4.78 is 12.9. The molecule has 2 rings (SSSR count). The summed E-state index contributed by atoms with van der Waals surface area (Å²) in [5.41, 5.74) is 0.813. The summed E-state index contributed by atoms with van der Waals surface area (Å²) in [6, 6.07) is 4.41. The van der Waals surface area contributed by atoms with E-state index in [4.69, 9.17) is 16.7 Å². The zero-order valence-electron chi connectivity index (χ0n) is 8.29. The Hall–Kier alpha value is -0.640. The van der Waals surface area contributed by atoms with Crippen LogP contribution >= 0.6 is 11.6 Å². The van der Waals surface area contributed by atoms with Crippen molar-refractivity contribution in [2.75, 3.05) is 19.7 Å². The molecule has 1 N–H and O–H groups in total. The smallest absolute Gasteiger partial charge is 0.123 e. The van der Waals surface area contributed by atoms with Crippen molar-refractivity contribution in [3.8, 4) is 0 Å². The highest BCUT2D eigenvalue weighted by molar-refractivity contribution is 6.31. The Labute approximate surface area is 93.3 Å². The molecule has 0 bridgehead atoms. The van der Waals surface area contributed by atoms with Crippen molar-refractivity contribution in [2.24, 2.45) is 5.92 Å². The van der Waals surface area contributed by atoms with Gasteiger partial charge in [0.25, 0.3) is 0 Å². The van der Waals surface area contributed by atoms with Crippen molar-refractivity contribution in [2.45, 2.75) is 6.54 Å². The molecular weight excluding hydrogens is 217 g/mol. The van der Waals surface area contributed by atoms with Gasteiger partial charge in [0.15, 0.2) is 0 Å². The van der Waals surface area contributed by atoms with Gasteiger partial charge in [-0.15, -0.1) is 0 Å². The largest absolute Gasteiger partial charge is 0.396 e. The molecule has 1 fully saturated rings. The summed E-state index contributed by atoms with van der Waals surface area (Å²) in [6.45, 7) is 2.62. The van der Waals surface area contributed by atoms with E-state index in [-0.39, 0.29) is 12.4 Å². The summed E-state index contributed by atoms with van der Waals surface area (Å²) >= 11 is 5.95. The molecule has 0 amide bonds. The van der Waals surface area contributed by atoms with Crippen LogP contribution in [0, 0.1) is 11.7 Å². The fourth-order valence-corrected chi connectivity index (χ4v) is 2.00. The Morgan fingerprint density at radius 1 is 1.47 bits per heavy atom. The van der Waals surface area contributed by atoms with Crippen molar-refractivity contribution >= 4 is 11.6 Å². The molecule has 0 aromatic heterocycles. The van der Waals surface area contributed by atoms with E-state index in [0.717, 1.165) is 18.7 Å². The highest BCUT2D eigenvalue weighted by atomic mass is 35.5. The number of aliphatic hydroxyl groups is 1. The van der Waals surface area contributed by atoms with Crippen LogP contribution in [0.3, 0.4) is 0 Å². The predicted molar refractivity (Wildman–Crippen MR) is 57.3 cm³/mol. The van der Waals surface area contributed by atoms with Gasteiger partial charge in [-0.2, -0.15) is 0 Å². The minimum absolute atomic E-state index is 0.230.